The highest BCUT2D eigenvalue weighted by Gasteiger charge is 2.44. The Labute approximate surface area is 216 Å². The summed E-state index contributed by atoms with van der Waals surface area (Å²) in [5, 5.41) is 0.0597. The van der Waals surface area contributed by atoms with Crippen molar-refractivity contribution in [3.63, 3.8) is 0 Å². The molecule has 4 rings (SSSR count). The summed E-state index contributed by atoms with van der Waals surface area (Å²) in [6, 6.07) is 31.0. The minimum atomic E-state index is -0.544. The largest absolute Gasteiger partial charge is 0.445 e. The second kappa shape index (κ2) is 11.8. The third kappa shape index (κ3) is 5.55. The third-order valence-electron chi connectivity index (χ3n) is 6.23. The number of hydrogen-bond donors (Lipinski definition) is 1. The van der Waals surface area contributed by atoms with E-state index < -0.39 is 16.7 Å². The van der Waals surface area contributed by atoms with Gasteiger partial charge in [0.25, 0.3) is 0 Å². The molecule has 1 aliphatic heterocycles. The normalized spacial score (nSPS) is 17.7. The summed E-state index contributed by atoms with van der Waals surface area (Å²) in [7, 11) is 0. The molecule has 2 atom stereocenters. The number of ether oxygens (including phenoxy) is 1. The van der Waals surface area contributed by atoms with Crippen LogP contribution in [0.25, 0.3) is 0 Å². The predicted octanol–water partition coefficient (Wildman–Crippen LogP) is 5.52. The molecule has 0 spiro atoms. The van der Waals surface area contributed by atoms with Crippen LogP contribution in [-0.4, -0.2) is 41.3 Å². The van der Waals surface area contributed by atoms with E-state index in [1.807, 2.05) is 30.0 Å². The van der Waals surface area contributed by atoms with Crippen LogP contribution in [0.4, 0.5) is 4.79 Å². The van der Waals surface area contributed by atoms with E-state index in [0.717, 1.165) is 16.7 Å². The van der Waals surface area contributed by atoms with Crippen molar-refractivity contribution in [3.05, 3.63) is 132 Å². The van der Waals surface area contributed by atoms with Gasteiger partial charge in [0.1, 0.15) is 6.61 Å². The maximum atomic E-state index is 12.9. The number of primary amides is 1. The van der Waals surface area contributed by atoms with Gasteiger partial charge in [-0.15, -0.1) is 11.8 Å². The Bertz CT molecular complexity index is 1100. The Morgan fingerprint density at radius 3 is 1.89 bits per heavy atom. The Morgan fingerprint density at radius 2 is 1.44 bits per heavy atom. The Morgan fingerprint density at radius 1 is 0.944 bits per heavy atom. The summed E-state index contributed by atoms with van der Waals surface area (Å²) in [6.45, 7) is 4.23. The van der Waals surface area contributed by atoms with Gasteiger partial charge in [-0.05, 0) is 23.1 Å². The van der Waals surface area contributed by atoms with Crippen molar-refractivity contribution in [2.75, 3.05) is 13.2 Å². The zero-order chi connectivity index (χ0) is 25.4. The summed E-state index contributed by atoms with van der Waals surface area (Å²) in [4.78, 5) is 26.0. The first-order chi connectivity index (χ1) is 17.5. The second-order valence-electron chi connectivity index (χ2n) is 8.60. The predicted molar refractivity (Wildman–Crippen MR) is 146 cm³/mol. The Kier molecular flexibility index (Phi) is 8.28. The zero-order valence-electron chi connectivity index (χ0n) is 20.0. The summed E-state index contributed by atoms with van der Waals surface area (Å²) in [5.74, 6) is -0.544. The molecule has 0 radical (unpaired) electrons. The van der Waals surface area contributed by atoms with Gasteiger partial charge in [0, 0.05) is 17.9 Å². The van der Waals surface area contributed by atoms with Crippen LogP contribution in [0.2, 0.25) is 0 Å². The number of thioether (sulfide) groups is 1. The molecule has 1 saturated heterocycles. The fourth-order valence-corrected chi connectivity index (χ4v) is 6.54. The quantitative estimate of drug-likeness (QED) is 0.240. The van der Waals surface area contributed by atoms with Crippen molar-refractivity contribution in [2.24, 2.45) is 5.73 Å². The smallest absolute Gasteiger partial charge is 0.410 e. The molecule has 3 aromatic carbocycles. The molecule has 0 saturated carbocycles. The first-order valence-corrected chi connectivity index (χ1v) is 12.8. The molecular weight excluding hydrogens is 468 g/mol. The molecule has 6 heteroatoms. The number of nitrogens with two attached hydrogens (primary N) is 1. The molecule has 1 heterocycles. The van der Waals surface area contributed by atoms with Crippen LogP contribution >= 0.6 is 11.8 Å². The molecule has 0 aromatic heterocycles. The van der Waals surface area contributed by atoms with Gasteiger partial charge in [0.2, 0.25) is 5.91 Å². The highest BCUT2D eigenvalue weighted by atomic mass is 32.2. The number of nitrogens with zero attached hydrogens (tertiary/aromatic N) is 1. The maximum Gasteiger partial charge on any atom is 0.410 e. The first kappa shape index (κ1) is 25.3. The lowest BCUT2D eigenvalue weighted by Gasteiger charge is -2.37. The molecule has 36 heavy (non-hydrogen) atoms. The molecular formula is C30H30N2O3S. The van der Waals surface area contributed by atoms with Crippen LogP contribution in [0.5, 0.6) is 0 Å². The zero-order valence-corrected chi connectivity index (χ0v) is 20.8. The monoisotopic (exact) mass is 498 g/mol. The molecule has 3 aromatic rings. The van der Waals surface area contributed by atoms with Crippen LogP contribution in [0.15, 0.2) is 116 Å². The SMILES string of the molecule is C=CCOC(=O)N1C[C@@H](SC(c2ccccc2)(c2ccccc2)c2ccccc2)C[C@H]1/C=C\C(N)=O. The summed E-state index contributed by atoms with van der Waals surface area (Å²) in [5.41, 5.74) is 8.83. The Balaban J connectivity index is 1.77. The molecule has 0 unspecified atom stereocenters. The van der Waals surface area contributed by atoms with Crippen molar-refractivity contribution in [3.8, 4) is 0 Å². The topological polar surface area (TPSA) is 72.6 Å². The van der Waals surface area contributed by atoms with E-state index in [-0.39, 0.29) is 17.9 Å². The fraction of sp³-hybridized carbons (Fsp3) is 0.200. The number of carbonyl (C=O) groups is 2. The van der Waals surface area contributed by atoms with Crippen molar-refractivity contribution in [1.82, 2.24) is 4.90 Å². The van der Waals surface area contributed by atoms with Crippen LogP contribution in [0.1, 0.15) is 23.1 Å². The van der Waals surface area contributed by atoms with E-state index in [9.17, 15) is 9.59 Å². The maximum absolute atomic E-state index is 12.9. The van der Waals surface area contributed by atoms with E-state index in [2.05, 4.69) is 79.4 Å². The van der Waals surface area contributed by atoms with Crippen molar-refractivity contribution in [2.45, 2.75) is 22.5 Å². The van der Waals surface area contributed by atoms with Crippen LogP contribution in [0, 0.1) is 0 Å². The van der Waals surface area contributed by atoms with Crippen molar-refractivity contribution in [1.29, 1.82) is 0 Å². The summed E-state index contributed by atoms with van der Waals surface area (Å²) in [6.07, 6.45) is 4.80. The van der Waals surface area contributed by atoms with Crippen molar-refractivity contribution >= 4 is 23.8 Å². The van der Waals surface area contributed by atoms with Gasteiger partial charge >= 0.3 is 6.09 Å². The fourth-order valence-electron chi connectivity index (χ4n) is 4.70. The lowest BCUT2D eigenvalue weighted by Crippen LogP contribution is -2.36. The molecule has 1 aliphatic rings. The minimum absolute atomic E-state index is 0.0597. The molecule has 1 fully saturated rings. The second-order valence-corrected chi connectivity index (χ2v) is 10.1. The number of likely N-dealkylation sites (tertiary alicyclic amines) is 1. The van der Waals surface area contributed by atoms with Gasteiger partial charge < -0.3 is 15.4 Å². The van der Waals surface area contributed by atoms with E-state index >= 15 is 0 Å². The van der Waals surface area contributed by atoms with E-state index in [1.54, 1.807) is 17.1 Å². The molecule has 2 amide bonds. The highest BCUT2D eigenvalue weighted by Crippen LogP contribution is 2.52. The first-order valence-electron chi connectivity index (χ1n) is 11.9. The average molecular weight is 499 g/mol. The van der Waals surface area contributed by atoms with E-state index in [1.165, 1.54) is 6.08 Å². The van der Waals surface area contributed by atoms with Crippen LogP contribution < -0.4 is 5.73 Å². The van der Waals surface area contributed by atoms with Gasteiger partial charge in [-0.2, -0.15) is 0 Å². The molecule has 2 N–H and O–H groups in total. The van der Waals surface area contributed by atoms with Gasteiger partial charge in [-0.25, -0.2) is 4.79 Å². The molecule has 0 bridgehead atoms. The number of hydrogen-bond acceptors (Lipinski definition) is 4. The van der Waals surface area contributed by atoms with Crippen molar-refractivity contribution < 1.29 is 14.3 Å². The van der Waals surface area contributed by atoms with Crippen LogP contribution in [-0.2, 0) is 14.3 Å². The highest BCUT2D eigenvalue weighted by molar-refractivity contribution is 8.01. The van der Waals surface area contributed by atoms with Crippen LogP contribution in [0.3, 0.4) is 0 Å². The van der Waals surface area contributed by atoms with Gasteiger partial charge in [-0.3, -0.25) is 4.79 Å². The molecule has 0 aliphatic carbocycles. The van der Waals surface area contributed by atoms with E-state index in [0.29, 0.717) is 13.0 Å². The average Bonchev–Trinajstić information content (AvgIpc) is 3.33. The van der Waals surface area contributed by atoms with Gasteiger partial charge in [-0.1, -0.05) is 110 Å². The lowest BCUT2D eigenvalue weighted by atomic mass is 9.84. The van der Waals surface area contributed by atoms with Gasteiger partial charge in [0.05, 0.1) is 10.8 Å². The standard InChI is InChI=1S/C30H30N2O3S/c1-2-20-35-29(34)32-22-27(21-26(32)18-19-28(31)33)36-30(23-12-6-3-7-13-23,24-14-8-4-9-15-24)25-16-10-5-11-17-25/h2-19,26-27H,1,20-22H2,(H2,31,33)/b19-18-/t26-,27+/m1/s1. The number of carbonyl (C=O) groups excluding carboxylic acids is 2. The summed E-state index contributed by atoms with van der Waals surface area (Å²) >= 11 is 1.82. The number of amides is 2. The van der Waals surface area contributed by atoms with Gasteiger partial charge in [0.15, 0.2) is 0 Å². The minimum Gasteiger partial charge on any atom is -0.445 e. The van der Waals surface area contributed by atoms with E-state index in [4.69, 9.17) is 10.5 Å². The molecule has 5 nitrogen and oxygen atoms in total. The third-order valence-corrected chi connectivity index (χ3v) is 7.97. The lowest BCUT2D eigenvalue weighted by molar-refractivity contribution is -0.113. The summed E-state index contributed by atoms with van der Waals surface area (Å²) < 4.78 is 4.85. The Hall–Kier alpha value is -3.77. The molecule has 184 valence electrons. The number of benzene rings is 3. The number of rotatable bonds is 9.